The first kappa shape index (κ1) is 24.3. The molecule has 2 N–H and O–H groups in total. The molecule has 0 fully saturated rings. The Labute approximate surface area is 198 Å². The van der Waals surface area contributed by atoms with Crippen LogP contribution in [0.25, 0.3) is 0 Å². The van der Waals surface area contributed by atoms with Gasteiger partial charge in [0.15, 0.2) is 0 Å². The number of nitrogens with zero attached hydrogens (tertiary/aromatic N) is 1. The molecule has 0 aromatic heterocycles. The van der Waals surface area contributed by atoms with Gasteiger partial charge >= 0.3 is 6.16 Å². The van der Waals surface area contributed by atoms with E-state index in [1.807, 2.05) is 43.3 Å². The van der Waals surface area contributed by atoms with Crippen LogP contribution in [0, 0.1) is 0 Å². The van der Waals surface area contributed by atoms with Crippen molar-refractivity contribution in [2.45, 2.75) is 13.5 Å². The summed E-state index contributed by atoms with van der Waals surface area (Å²) >= 11 is 0. The number of carbonyl (C=O) groups excluding carboxylic acids is 3. The van der Waals surface area contributed by atoms with Crippen LogP contribution in [-0.2, 0) is 11.3 Å². The topological polar surface area (TPSA) is 97.0 Å². The minimum absolute atomic E-state index is 0.205. The maximum Gasteiger partial charge on any atom is 0.513 e. The lowest BCUT2D eigenvalue weighted by molar-refractivity contribution is 0.0949. The zero-order valence-electron chi connectivity index (χ0n) is 19.3. The van der Waals surface area contributed by atoms with Gasteiger partial charge in [-0.2, -0.15) is 0 Å². The molecule has 3 rings (SSSR count). The molecule has 3 aromatic rings. The molecule has 0 saturated carbocycles. The largest absolute Gasteiger partial charge is 0.513 e. The van der Waals surface area contributed by atoms with Crippen LogP contribution in [-0.4, -0.2) is 38.7 Å². The van der Waals surface area contributed by atoms with Gasteiger partial charge in [0.25, 0.3) is 11.8 Å². The predicted octanol–water partition coefficient (Wildman–Crippen LogP) is 4.47. The Kier molecular flexibility index (Phi) is 8.23. The molecule has 0 heterocycles. The first-order valence-corrected chi connectivity index (χ1v) is 10.8. The van der Waals surface area contributed by atoms with Crippen molar-refractivity contribution >= 4 is 29.3 Å². The van der Waals surface area contributed by atoms with Gasteiger partial charge < -0.3 is 25.0 Å². The molecule has 0 bridgehead atoms. The van der Waals surface area contributed by atoms with Crippen LogP contribution < -0.4 is 20.3 Å². The van der Waals surface area contributed by atoms with Crippen molar-refractivity contribution in [3.63, 3.8) is 0 Å². The maximum absolute atomic E-state index is 12.7. The molecule has 0 unspecified atom stereocenters. The number of para-hydroxylation sites is 1. The second-order valence-electron chi connectivity index (χ2n) is 7.54. The second kappa shape index (κ2) is 11.5. The highest BCUT2D eigenvalue weighted by Crippen LogP contribution is 2.19. The number of nitrogens with one attached hydrogen (secondary N) is 2. The molecule has 3 aromatic carbocycles. The Balaban J connectivity index is 1.62. The van der Waals surface area contributed by atoms with Crippen molar-refractivity contribution in [2.75, 3.05) is 30.9 Å². The Morgan fingerprint density at radius 2 is 1.44 bits per heavy atom. The number of amides is 2. The fraction of sp³-hybridized carbons (Fsp3) is 0.192. The molecular formula is C26H27N3O5. The average Bonchev–Trinajstić information content (AvgIpc) is 2.84. The lowest BCUT2D eigenvalue weighted by Crippen LogP contribution is -2.24. The van der Waals surface area contributed by atoms with E-state index in [-0.39, 0.29) is 30.7 Å². The normalized spacial score (nSPS) is 10.2. The van der Waals surface area contributed by atoms with Gasteiger partial charge in [0.05, 0.1) is 6.61 Å². The standard InChI is InChI=1S/C26H27N3O5/c1-4-33-26(32)34-22-15-11-19(12-16-22)25(31)28-23-8-6-5-7-20(23)17-27-24(30)18-9-13-21(14-10-18)29(2)3/h5-16H,4,17H2,1-3H3,(H,27,30)(H,28,31). The highest BCUT2D eigenvalue weighted by atomic mass is 16.7. The van der Waals surface area contributed by atoms with Gasteiger partial charge in [0.1, 0.15) is 5.75 Å². The van der Waals surface area contributed by atoms with Crippen LogP contribution in [0.3, 0.4) is 0 Å². The highest BCUT2D eigenvalue weighted by Gasteiger charge is 2.12. The van der Waals surface area contributed by atoms with Crippen molar-refractivity contribution in [1.29, 1.82) is 0 Å². The summed E-state index contributed by atoms with van der Waals surface area (Å²) in [6.45, 7) is 2.14. The zero-order chi connectivity index (χ0) is 24.5. The predicted molar refractivity (Wildman–Crippen MR) is 130 cm³/mol. The number of benzene rings is 3. The van der Waals surface area contributed by atoms with Gasteiger partial charge in [-0.15, -0.1) is 0 Å². The van der Waals surface area contributed by atoms with E-state index in [0.717, 1.165) is 11.3 Å². The smallest absolute Gasteiger partial charge is 0.434 e. The second-order valence-corrected chi connectivity index (χ2v) is 7.54. The number of ether oxygens (including phenoxy) is 2. The van der Waals surface area contributed by atoms with Crippen molar-refractivity contribution < 1.29 is 23.9 Å². The zero-order valence-corrected chi connectivity index (χ0v) is 19.3. The molecule has 34 heavy (non-hydrogen) atoms. The Morgan fingerprint density at radius 1 is 0.824 bits per heavy atom. The summed E-state index contributed by atoms with van der Waals surface area (Å²) in [6.07, 6.45) is -0.802. The Hall–Kier alpha value is -4.33. The molecule has 0 spiro atoms. The highest BCUT2D eigenvalue weighted by molar-refractivity contribution is 6.04. The number of anilines is 2. The Morgan fingerprint density at radius 3 is 2.09 bits per heavy atom. The van der Waals surface area contributed by atoms with Crippen LogP contribution >= 0.6 is 0 Å². The number of rotatable bonds is 8. The third-order valence-electron chi connectivity index (χ3n) is 4.93. The third-order valence-corrected chi connectivity index (χ3v) is 4.93. The van der Waals surface area contributed by atoms with E-state index in [4.69, 9.17) is 9.47 Å². The van der Waals surface area contributed by atoms with Crippen LogP contribution in [0.15, 0.2) is 72.8 Å². The third kappa shape index (κ3) is 6.59. The number of carbonyl (C=O) groups is 3. The Bertz CT molecular complexity index is 1140. The quantitative estimate of drug-likeness (QED) is 0.380. The van der Waals surface area contributed by atoms with Crippen molar-refractivity contribution in [1.82, 2.24) is 5.32 Å². The minimum Gasteiger partial charge on any atom is -0.434 e. The van der Waals surface area contributed by atoms with E-state index in [0.29, 0.717) is 16.8 Å². The maximum atomic E-state index is 12.7. The van der Waals surface area contributed by atoms with E-state index in [9.17, 15) is 14.4 Å². The summed E-state index contributed by atoms with van der Waals surface area (Å²) in [6, 6.07) is 20.7. The summed E-state index contributed by atoms with van der Waals surface area (Å²) in [5.41, 5.74) is 3.29. The van der Waals surface area contributed by atoms with Crippen LogP contribution in [0.2, 0.25) is 0 Å². The lowest BCUT2D eigenvalue weighted by atomic mass is 10.1. The summed E-state index contributed by atoms with van der Waals surface area (Å²) < 4.78 is 9.73. The van der Waals surface area contributed by atoms with Gasteiger partial charge in [-0.25, -0.2) is 4.79 Å². The monoisotopic (exact) mass is 461 g/mol. The van der Waals surface area contributed by atoms with Gasteiger partial charge in [0, 0.05) is 43.1 Å². The van der Waals surface area contributed by atoms with Crippen LogP contribution in [0.4, 0.5) is 16.2 Å². The van der Waals surface area contributed by atoms with E-state index in [1.54, 1.807) is 43.3 Å². The van der Waals surface area contributed by atoms with E-state index < -0.39 is 6.16 Å². The van der Waals surface area contributed by atoms with Crippen LogP contribution in [0.1, 0.15) is 33.2 Å². The van der Waals surface area contributed by atoms with E-state index in [2.05, 4.69) is 10.6 Å². The first-order chi connectivity index (χ1) is 16.4. The number of hydrogen-bond acceptors (Lipinski definition) is 6. The molecule has 8 heteroatoms. The first-order valence-electron chi connectivity index (χ1n) is 10.8. The van der Waals surface area contributed by atoms with Gasteiger partial charge in [0.2, 0.25) is 0 Å². The minimum atomic E-state index is -0.802. The summed E-state index contributed by atoms with van der Waals surface area (Å²) in [5.74, 6) is -0.263. The number of hydrogen-bond donors (Lipinski definition) is 2. The molecule has 0 saturated heterocycles. The molecule has 0 radical (unpaired) electrons. The summed E-state index contributed by atoms with van der Waals surface area (Å²) in [7, 11) is 3.87. The average molecular weight is 462 g/mol. The van der Waals surface area contributed by atoms with E-state index >= 15 is 0 Å². The van der Waals surface area contributed by atoms with E-state index in [1.165, 1.54) is 12.1 Å². The lowest BCUT2D eigenvalue weighted by Gasteiger charge is -2.14. The molecule has 0 aliphatic rings. The van der Waals surface area contributed by atoms with Crippen molar-refractivity contribution in [3.8, 4) is 5.75 Å². The van der Waals surface area contributed by atoms with Crippen molar-refractivity contribution in [3.05, 3.63) is 89.5 Å². The van der Waals surface area contributed by atoms with Gasteiger partial charge in [-0.05, 0) is 67.1 Å². The van der Waals surface area contributed by atoms with Gasteiger partial charge in [-0.1, -0.05) is 18.2 Å². The molecule has 176 valence electrons. The molecular weight excluding hydrogens is 434 g/mol. The SMILES string of the molecule is CCOC(=O)Oc1ccc(C(=O)Nc2ccccc2CNC(=O)c2ccc(N(C)C)cc2)cc1. The fourth-order valence-corrected chi connectivity index (χ4v) is 3.10. The molecule has 0 atom stereocenters. The molecule has 0 aliphatic carbocycles. The molecule has 0 aliphatic heterocycles. The van der Waals surface area contributed by atoms with Crippen molar-refractivity contribution in [2.24, 2.45) is 0 Å². The fourth-order valence-electron chi connectivity index (χ4n) is 3.10. The van der Waals surface area contributed by atoms with Gasteiger partial charge in [-0.3, -0.25) is 9.59 Å². The molecule has 8 nitrogen and oxygen atoms in total. The molecule has 2 amide bonds. The summed E-state index contributed by atoms with van der Waals surface area (Å²) in [5, 5.41) is 5.75. The summed E-state index contributed by atoms with van der Waals surface area (Å²) in [4.78, 5) is 38.6. The van der Waals surface area contributed by atoms with Crippen LogP contribution in [0.5, 0.6) is 5.75 Å².